The standard InChI is InChI=1S/C24H27N7/c1-3-17(15-29(2)20-5-4-6-20)21-13-23-26-11-12-30(23)24(28-21)19-14-27-31(16-19)22(9-10-25)18-7-8-18/h3,11-16,18,20,22H,1,4-9H2,2H3. The monoisotopic (exact) mass is 413 g/mol. The third kappa shape index (κ3) is 3.74. The summed E-state index contributed by atoms with van der Waals surface area (Å²) in [6.45, 7) is 4.03. The van der Waals surface area contributed by atoms with E-state index in [1.54, 1.807) is 6.20 Å². The van der Waals surface area contributed by atoms with Gasteiger partial charge in [0, 0.05) is 49.5 Å². The molecule has 1 unspecified atom stereocenters. The number of hydrogen-bond donors (Lipinski definition) is 0. The topological polar surface area (TPSA) is 75.0 Å². The predicted octanol–water partition coefficient (Wildman–Crippen LogP) is 4.47. The quantitative estimate of drug-likeness (QED) is 0.509. The Kier molecular flexibility index (Phi) is 5.06. The van der Waals surface area contributed by atoms with E-state index < -0.39 is 0 Å². The van der Waals surface area contributed by atoms with Gasteiger partial charge in [-0.25, -0.2) is 9.97 Å². The summed E-state index contributed by atoms with van der Waals surface area (Å²) >= 11 is 0. The summed E-state index contributed by atoms with van der Waals surface area (Å²) in [4.78, 5) is 11.8. The number of hydrogen-bond acceptors (Lipinski definition) is 5. The largest absolute Gasteiger partial charge is 0.377 e. The molecule has 31 heavy (non-hydrogen) atoms. The predicted molar refractivity (Wildman–Crippen MR) is 120 cm³/mol. The number of allylic oxidation sites excluding steroid dienone is 2. The van der Waals surface area contributed by atoms with Crippen molar-refractivity contribution >= 4 is 11.2 Å². The Hall–Kier alpha value is -3.40. The zero-order valence-electron chi connectivity index (χ0n) is 17.9. The molecular weight excluding hydrogens is 386 g/mol. The first kappa shape index (κ1) is 19.6. The first-order chi connectivity index (χ1) is 15.2. The van der Waals surface area contributed by atoms with Crippen molar-refractivity contribution in [3.8, 4) is 17.5 Å². The molecule has 0 radical (unpaired) electrons. The van der Waals surface area contributed by atoms with Crippen molar-refractivity contribution in [2.24, 2.45) is 5.92 Å². The third-order valence-corrected chi connectivity index (χ3v) is 6.56. The van der Waals surface area contributed by atoms with Crippen molar-refractivity contribution in [1.82, 2.24) is 29.0 Å². The van der Waals surface area contributed by atoms with Crippen molar-refractivity contribution in [1.29, 1.82) is 5.26 Å². The summed E-state index contributed by atoms with van der Waals surface area (Å²) < 4.78 is 3.93. The summed E-state index contributed by atoms with van der Waals surface area (Å²) in [6, 6.07) is 5.05. The molecule has 3 heterocycles. The number of imidazole rings is 1. The molecule has 7 heteroatoms. The molecule has 0 saturated heterocycles. The number of nitriles is 1. The molecular formula is C24H27N7. The zero-order chi connectivity index (χ0) is 21.4. The molecule has 1 atom stereocenters. The van der Waals surface area contributed by atoms with Crippen LogP contribution in [0.3, 0.4) is 0 Å². The van der Waals surface area contributed by atoms with Crippen LogP contribution in [0.25, 0.3) is 22.6 Å². The molecule has 0 amide bonds. The highest BCUT2D eigenvalue weighted by Gasteiger charge is 2.33. The zero-order valence-corrected chi connectivity index (χ0v) is 17.9. The Morgan fingerprint density at radius 1 is 1.39 bits per heavy atom. The van der Waals surface area contributed by atoms with Gasteiger partial charge >= 0.3 is 0 Å². The van der Waals surface area contributed by atoms with Crippen molar-refractivity contribution in [2.75, 3.05) is 7.05 Å². The van der Waals surface area contributed by atoms with Crippen molar-refractivity contribution < 1.29 is 0 Å². The molecule has 2 aliphatic carbocycles. The molecule has 0 aromatic carbocycles. The molecule has 3 aromatic rings. The van der Waals surface area contributed by atoms with Crippen LogP contribution in [-0.2, 0) is 0 Å². The van der Waals surface area contributed by atoms with E-state index in [2.05, 4.69) is 40.9 Å². The Bertz CT molecular complexity index is 1170. The second kappa shape index (κ2) is 8.03. The molecule has 2 fully saturated rings. The minimum absolute atomic E-state index is 0.139. The molecule has 158 valence electrons. The van der Waals surface area contributed by atoms with Gasteiger partial charge < -0.3 is 4.90 Å². The lowest BCUT2D eigenvalue weighted by Crippen LogP contribution is -2.33. The van der Waals surface area contributed by atoms with Gasteiger partial charge in [-0.3, -0.25) is 9.08 Å². The van der Waals surface area contributed by atoms with E-state index in [9.17, 15) is 5.26 Å². The molecule has 0 N–H and O–H groups in total. The lowest BCUT2D eigenvalue weighted by molar-refractivity contribution is 0.218. The maximum absolute atomic E-state index is 9.23. The second-order valence-electron chi connectivity index (χ2n) is 8.64. The van der Waals surface area contributed by atoms with Crippen LogP contribution in [0.1, 0.15) is 50.3 Å². The van der Waals surface area contributed by atoms with Gasteiger partial charge in [0.2, 0.25) is 0 Å². The average Bonchev–Trinajstić information content (AvgIpc) is 3.25. The first-order valence-corrected chi connectivity index (χ1v) is 11.0. The van der Waals surface area contributed by atoms with Gasteiger partial charge in [-0.2, -0.15) is 10.4 Å². The van der Waals surface area contributed by atoms with Crippen LogP contribution in [0.5, 0.6) is 0 Å². The number of rotatable bonds is 8. The van der Waals surface area contributed by atoms with Crippen LogP contribution in [0.4, 0.5) is 0 Å². The van der Waals surface area contributed by atoms with E-state index in [-0.39, 0.29) is 6.04 Å². The Labute approximate surface area is 182 Å². The lowest BCUT2D eigenvalue weighted by atomic mass is 9.92. The maximum Gasteiger partial charge on any atom is 0.149 e. The molecule has 0 bridgehead atoms. The van der Waals surface area contributed by atoms with Crippen molar-refractivity contribution in [3.05, 3.63) is 55.4 Å². The Morgan fingerprint density at radius 2 is 2.23 bits per heavy atom. The van der Waals surface area contributed by atoms with Gasteiger partial charge in [-0.05, 0) is 38.0 Å². The highest BCUT2D eigenvalue weighted by molar-refractivity contribution is 5.74. The molecule has 2 aliphatic rings. The molecule has 5 rings (SSSR count). The summed E-state index contributed by atoms with van der Waals surface area (Å²) in [5, 5.41) is 13.8. The second-order valence-corrected chi connectivity index (χ2v) is 8.64. The van der Waals surface area contributed by atoms with Gasteiger partial charge in [0.15, 0.2) is 0 Å². The Balaban J connectivity index is 1.53. The van der Waals surface area contributed by atoms with E-state index in [0.717, 1.165) is 28.3 Å². The van der Waals surface area contributed by atoms with Crippen LogP contribution < -0.4 is 0 Å². The van der Waals surface area contributed by atoms with Gasteiger partial charge in [0.25, 0.3) is 0 Å². The lowest BCUT2D eigenvalue weighted by Gasteiger charge is -2.34. The molecule has 0 spiro atoms. The van der Waals surface area contributed by atoms with Crippen LogP contribution in [-0.4, -0.2) is 42.1 Å². The summed E-state index contributed by atoms with van der Waals surface area (Å²) in [6.07, 6.45) is 18.2. The van der Waals surface area contributed by atoms with Crippen LogP contribution >= 0.6 is 0 Å². The minimum atomic E-state index is 0.139. The first-order valence-electron chi connectivity index (χ1n) is 11.0. The summed E-state index contributed by atoms with van der Waals surface area (Å²) in [5.41, 5.74) is 3.58. The fraction of sp³-hybridized carbons (Fsp3) is 0.417. The van der Waals surface area contributed by atoms with E-state index >= 15 is 0 Å². The molecule has 3 aromatic heterocycles. The van der Waals surface area contributed by atoms with Crippen molar-refractivity contribution in [2.45, 2.75) is 50.6 Å². The Morgan fingerprint density at radius 3 is 2.90 bits per heavy atom. The van der Waals surface area contributed by atoms with Gasteiger partial charge in [-0.15, -0.1) is 0 Å². The maximum atomic E-state index is 9.23. The number of aromatic nitrogens is 5. The SMILES string of the molecule is C=CC(=CN(C)C1CCC1)c1cc2nccn2c(-c2cnn(C(CC#N)C3CC3)c2)n1. The van der Waals surface area contributed by atoms with E-state index in [1.165, 1.54) is 32.1 Å². The minimum Gasteiger partial charge on any atom is -0.377 e. The van der Waals surface area contributed by atoms with Crippen LogP contribution in [0.15, 0.2) is 49.7 Å². The fourth-order valence-corrected chi connectivity index (χ4v) is 4.30. The van der Waals surface area contributed by atoms with E-state index in [4.69, 9.17) is 4.98 Å². The third-order valence-electron chi connectivity index (χ3n) is 6.56. The summed E-state index contributed by atoms with van der Waals surface area (Å²) in [5.74, 6) is 1.35. The van der Waals surface area contributed by atoms with Gasteiger partial charge in [-0.1, -0.05) is 12.7 Å². The number of nitrogens with zero attached hydrogens (tertiary/aromatic N) is 7. The smallest absolute Gasteiger partial charge is 0.149 e. The fourth-order valence-electron chi connectivity index (χ4n) is 4.30. The normalized spacial score (nSPS) is 17.9. The van der Waals surface area contributed by atoms with Crippen LogP contribution in [0, 0.1) is 17.2 Å². The molecule has 7 nitrogen and oxygen atoms in total. The highest BCUT2D eigenvalue weighted by atomic mass is 15.3. The number of fused-ring (bicyclic) bond motifs is 1. The summed E-state index contributed by atoms with van der Waals surface area (Å²) in [7, 11) is 2.12. The van der Waals surface area contributed by atoms with Gasteiger partial charge in [0.1, 0.15) is 11.5 Å². The average molecular weight is 414 g/mol. The van der Waals surface area contributed by atoms with Gasteiger partial charge in [0.05, 0.1) is 36.0 Å². The highest BCUT2D eigenvalue weighted by Crippen LogP contribution is 2.41. The van der Waals surface area contributed by atoms with E-state index in [1.807, 2.05) is 39.8 Å². The van der Waals surface area contributed by atoms with Crippen molar-refractivity contribution in [3.63, 3.8) is 0 Å². The van der Waals surface area contributed by atoms with E-state index in [0.29, 0.717) is 18.4 Å². The van der Waals surface area contributed by atoms with Crippen LogP contribution in [0.2, 0.25) is 0 Å². The molecule has 0 aliphatic heterocycles. The molecule has 2 saturated carbocycles.